The lowest BCUT2D eigenvalue weighted by molar-refractivity contribution is 0.479. The van der Waals surface area contributed by atoms with Crippen molar-refractivity contribution in [2.45, 2.75) is 36.8 Å². The highest BCUT2D eigenvalue weighted by atomic mass is 32.2. The first-order chi connectivity index (χ1) is 9.14. The van der Waals surface area contributed by atoms with Gasteiger partial charge in [-0.3, -0.25) is 0 Å². The number of nitrogens with one attached hydrogen (secondary N) is 1. The highest BCUT2D eigenvalue weighted by Crippen LogP contribution is 2.27. The van der Waals surface area contributed by atoms with Crippen molar-refractivity contribution >= 4 is 21.4 Å². The van der Waals surface area contributed by atoms with Crippen molar-refractivity contribution in [3.8, 4) is 0 Å². The van der Waals surface area contributed by atoms with Gasteiger partial charge in [0.25, 0.3) is 10.0 Å². The second-order valence-electron chi connectivity index (χ2n) is 4.83. The van der Waals surface area contributed by atoms with Crippen molar-refractivity contribution in [1.82, 2.24) is 9.62 Å². The zero-order valence-electron chi connectivity index (χ0n) is 11.4. The molecule has 1 aromatic rings. The molecule has 1 saturated heterocycles. The second-order valence-corrected chi connectivity index (χ2v) is 8.17. The zero-order valence-corrected chi connectivity index (χ0v) is 13.0. The van der Waals surface area contributed by atoms with Crippen LogP contribution < -0.4 is 5.32 Å². The smallest absolute Gasteiger partial charge is 0.252 e. The molecule has 1 aromatic heterocycles. The van der Waals surface area contributed by atoms with E-state index in [4.69, 9.17) is 0 Å². The van der Waals surface area contributed by atoms with Gasteiger partial charge >= 0.3 is 0 Å². The summed E-state index contributed by atoms with van der Waals surface area (Å²) in [7, 11) is -3.22. The summed E-state index contributed by atoms with van der Waals surface area (Å²) in [6.07, 6.45) is 4.00. The van der Waals surface area contributed by atoms with Gasteiger partial charge < -0.3 is 5.32 Å². The predicted molar refractivity (Wildman–Crippen MR) is 79.2 cm³/mol. The zero-order chi connectivity index (χ0) is 13.7. The third-order valence-corrected chi connectivity index (χ3v) is 6.78. The minimum absolute atomic E-state index is 0.500. The fourth-order valence-electron chi connectivity index (χ4n) is 2.20. The Hall–Kier alpha value is -0.430. The van der Waals surface area contributed by atoms with Gasteiger partial charge in [-0.15, -0.1) is 11.3 Å². The molecule has 1 aliphatic heterocycles. The molecule has 2 rings (SSSR count). The summed E-state index contributed by atoms with van der Waals surface area (Å²) in [5, 5.41) is 3.33. The maximum absolute atomic E-state index is 12.3. The van der Waals surface area contributed by atoms with Crippen LogP contribution >= 0.6 is 11.3 Å². The fourth-order valence-corrected chi connectivity index (χ4v) is 5.23. The Morgan fingerprint density at radius 2 is 2.00 bits per heavy atom. The van der Waals surface area contributed by atoms with Gasteiger partial charge in [-0.25, -0.2) is 8.42 Å². The first-order valence-corrected chi connectivity index (χ1v) is 9.20. The molecule has 0 unspecified atom stereocenters. The van der Waals surface area contributed by atoms with Crippen LogP contribution in [0.15, 0.2) is 16.3 Å². The standard InChI is InChI=1S/C13H22N2O2S2/c1-2-8-14-9-7-12-5-6-13(18-12)19(16,17)15-10-3-4-11-15/h5-6,14H,2-4,7-11H2,1H3. The van der Waals surface area contributed by atoms with Crippen molar-refractivity contribution in [3.63, 3.8) is 0 Å². The van der Waals surface area contributed by atoms with E-state index < -0.39 is 10.0 Å². The van der Waals surface area contributed by atoms with Crippen LogP contribution in [0.2, 0.25) is 0 Å². The maximum Gasteiger partial charge on any atom is 0.252 e. The highest BCUT2D eigenvalue weighted by molar-refractivity contribution is 7.91. The molecule has 2 heterocycles. The molecule has 1 N–H and O–H groups in total. The van der Waals surface area contributed by atoms with E-state index in [0.717, 1.165) is 43.6 Å². The van der Waals surface area contributed by atoms with Gasteiger partial charge in [0.15, 0.2) is 0 Å². The van der Waals surface area contributed by atoms with E-state index in [1.54, 1.807) is 10.4 Å². The summed E-state index contributed by atoms with van der Waals surface area (Å²) in [5.74, 6) is 0. The third-order valence-electron chi connectivity index (χ3n) is 3.27. The van der Waals surface area contributed by atoms with Gasteiger partial charge in [0.2, 0.25) is 0 Å². The average molecular weight is 302 g/mol. The molecule has 0 bridgehead atoms. The summed E-state index contributed by atoms with van der Waals surface area (Å²) in [6, 6.07) is 3.70. The topological polar surface area (TPSA) is 49.4 Å². The fraction of sp³-hybridized carbons (Fsp3) is 0.692. The van der Waals surface area contributed by atoms with Gasteiger partial charge in [-0.2, -0.15) is 4.31 Å². The Balaban J connectivity index is 1.96. The molecule has 0 saturated carbocycles. The molecule has 0 aromatic carbocycles. The van der Waals surface area contributed by atoms with Crippen LogP contribution in [0.25, 0.3) is 0 Å². The third kappa shape index (κ3) is 3.78. The van der Waals surface area contributed by atoms with E-state index in [2.05, 4.69) is 12.2 Å². The average Bonchev–Trinajstić information content (AvgIpc) is 3.05. The first-order valence-electron chi connectivity index (χ1n) is 6.94. The van der Waals surface area contributed by atoms with E-state index in [1.165, 1.54) is 11.3 Å². The lowest BCUT2D eigenvalue weighted by atomic mass is 10.3. The van der Waals surface area contributed by atoms with Crippen LogP contribution in [-0.2, 0) is 16.4 Å². The molecule has 0 amide bonds. The Morgan fingerprint density at radius 3 is 2.68 bits per heavy atom. The SMILES string of the molecule is CCCNCCc1ccc(S(=O)(=O)N2CCCC2)s1. The van der Waals surface area contributed by atoms with Crippen LogP contribution in [0.3, 0.4) is 0 Å². The molecule has 0 aliphatic carbocycles. The molecule has 108 valence electrons. The summed E-state index contributed by atoms with van der Waals surface area (Å²) >= 11 is 1.42. The molecule has 0 radical (unpaired) electrons. The van der Waals surface area contributed by atoms with Gasteiger partial charge in [0.1, 0.15) is 4.21 Å². The first kappa shape index (κ1) is 15.0. The van der Waals surface area contributed by atoms with Gasteiger partial charge in [-0.05, 0) is 50.9 Å². The highest BCUT2D eigenvalue weighted by Gasteiger charge is 2.28. The monoisotopic (exact) mass is 302 g/mol. The van der Waals surface area contributed by atoms with Crippen molar-refractivity contribution in [3.05, 3.63) is 17.0 Å². The van der Waals surface area contributed by atoms with E-state index in [9.17, 15) is 8.42 Å². The van der Waals surface area contributed by atoms with Crippen molar-refractivity contribution < 1.29 is 8.42 Å². The lowest BCUT2D eigenvalue weighted by Crippen LogP contribution is -2.27. The van der Waals surface area contributed by atoms with Crippen LogP contribution in [-0.4, -0.2) is 38.9 Å². The van der Waals surface area contributed by atoms with Gasteiger partial charge in [-0.1, -0.05) is 6.92 Å². The number of rotatable bonds is 7. The summed E-state index contributed by atoms with van der Waals surface area (Å²) in [5.41, 5.74) is 0. The number of hydrogen-bond donors (Lipinski definition) is 1. The number of sulfonamides is 1. The molecular weight excluding hydrogens is 280 g/mol. The Labute approximate surface area is 119 Å². The molecule has 0 atom stereocenters. The van der Waals surface area contributed by atoms with E-state index in [0.29, 0.717) is 17.3 Å². The van der Waals surface area contributed by atoms with Crippen LogP contribution in [0.5, 0.6) is 0 Å². The molecule has 19 heavy (non-hydrogen) atoms. The van der Waals surface area contributed by atoms with Crippen LogP contribution in [0.1, 0.15) is 31.1 Å². The molecule has 1 aliphatic rings. The molecule has 0 spiro atoms. The predicted octanol–water partition coefficient (Wildman–Crippen LogP) is 2.07. The largest absolute Gasteiger partial charge is 0.316 e. The van der Waals surface area contributed by atoms with Gasteiger partial charge in [0, 0.05) is 18.0 Å². The van der Waals surface area contributed by atoms with Crippen LogP contribution in [0, 0.1) is 0 Å². The summed E-state index contributed by atoms with van der Waals surface area (Å²) < 4.78 is 26.8. The van der Waals surface area contributed by atoms with Crippen molar-refractivity contribution in [1.29, 1.82) is 0 Å². The van der Waals surface area contributed by atoms with E-state index in [-0.39, 0.29) is 0 Å². The number of nitrogens with zero attached hydrogens (tertiary/aromatic N) is 1. The molecule has 4 nitrogen and oxygen atoms in total. The second kappa shape index (κ2) is 6.83. The molecular formula is C13H22N2O2S2. The summed E-state index contributed by atoms with van der Waals surface area (Å²) in [6.45, 7) is 5.42. The van der Waals surface area contributed by atoms with E-state index >= 15 is 0 Å². The molecule has 1 fully saturated rings. The Kier molecular flexibility index (Phi) is 5.38. The van der Waals surface area contributed by atoms with Gasteiger partial charge in [0.05, 0.1) is 0 Å². The quantitative estimate of drug-likeness (QED) is 0.785. The minimum atomic E-state index is -3.22. The maximum atomic E-state index is 12.3. The van der Waals surface area contributed by atoms with Crippen molar-refractivity contribution in [2.75, 3.05) is 26.2 Å². The summed E-state index contributed by atoms with van der Waals surface area (Å²) in [4.78, 5) is 1.14. The normalized spacial score (nSPS) is 17.1. The number of hydrogen-bond acceptors (Lipinski definition) is 4. The Bertz CT molecular complexity index is 490. The molecule has 6 heteroatoms. The Morgan fingerprint density at radius 1 is 1.26 bits per heavy atom. The van der Waals surface area contributed by atoms with Crippen LogP contribution in [0.4, 0.5) is 0 Å². The van der Waals surface area contributed by atoms with E-state index in [1.807, 2.05) is 6.07 Å². The van der Waals surface area contributed by atoms with Crippen molar-refractivity contribution in [2.24, 2.45) is 0 Å². The number of thiophene rings is 1. The lowest BCUT2D eigenvalue weighted by Gasteiger charge is -2.13. The minimum Gasteiger partial charge on any atom is -0.316 e.